The van der Waals surface area contributed by atoms with Crippen molar-refractivity contribution in [2.24, 2.45) is 17.6 Å². The monoisotopic (exact) mass is 231 g/mol. The topological polar surface area (TPSA) is 26.0 Å². The first kappa shape index (κ1) is 12.6. The molecule has 0 radical (unpaired) electrons. The first-order valence-electron chi connectivity index (χ1n) is 7.03. The van der Waals surface area contributed by atoms with Crippen molar-refractivity contribution in [2.75, 3.05) is 6.54 Å². The predicted octanol–water partition coefficient (Wildman–Crippen LogP) is 3.69. The Morgan fingerprint density at radius 1 is 1.29 bits per heavy atom. The molecule has 1 aromatic rings. The molecule has 0 spiro atoms. The number of aryl methyl sites for hydroxylation is 1. The van der Waals surface area contributed by atoms with Gasteiger partial charge in [-0.1, -0.05) is 55.5 Å². The van der Waals surface area contributed by atoms with Crippen molar-refractivity contribution >= 4 is 0 Å². The molecule has 1 aromatic carbocycles. The first-order valence-corrected chi connectivity index (χ1v) is 7.03. The zero-order valence-electron chi connectivity index (χ0n) is 11.0. The highest BCUT2D eigenvalue weighted by molar-refractivity contribution is 5.22. The second kappa shape index (κ2) is 6.20. The Bertz CT molecular complexity index is 339. The summed E-state index contributed by atoms with van der Waals surface area (Å²) >= 11 is 0. The summed E-state index contributed by atoms with van der Waals surface area (Å²) in [5, 5.41) is 0. The van der Waals surface area contributed by atoms with Gasteiger partial charge in [-0.2, -0.15) is 0 Å². The van der Waals surface area contributed by atoms with Crippen LogP contribution in [0.3, 0.4) is 0 Å². The van der Waals surface area contributed by atoms with Crippen molar-refractivity contribution in [1.29, 1.82) is 0 Å². The molecule has 1 saturated carbocycles. The van der Waals surface area contributed by atoms with E-state index in [4.69, 9.17) is 5.73 Å². The summed E-state index contributed by atoms with van der Waals surface area (Å²) in [4.78, 5) is 0. The molecule has 0 aromatic heterocycles. The van der Waals surface area contributed by atoms with Gasteiger partial charge in [-0.15, -0.1) is 0 Å². The molecule has 1 aliphatic rings. The van der Waals surface area contributed by atoms with Crippen molar-refractivity contribution in [1.82, 2.24) is 0 Å². The second-order valence-corrected chi connectivity index (χ2v) is 5.68. The van der Waals surface area contributed by atoms with E-state index in [-0.39, 0.29) is 0 Å². The predicted molar refractivity (Wildman–Crippen MR) is 74.0 cm³/mol. The molecule has 0 amide bonds. The minimum atomic E-state index is 0.680. The number of hydrogen-bond acceptors (Lipinski definition) is 1. The molecule has 1 heteroatoms. The Morgan fingerprint density at radius 3 is 2.71 bits per heavy atom. The summed E-state index contributed by atoms with van der Waals surface area (Å²) in [6, 6.07) is 8.87. The van der Waals surface area contributed by atoms with Crippen LogP contribution in [0.25, 0.3) is 0 Å². The van der Waals surface area contributed by atoms with Gasteiger partial charge in [0.15, 0.2) is 0 Å². The third-order valence-corrected chi connectivity index (χ3v) is 4.08. The lowest BCUT2D eigenvalue weighted by atomic mass is 9.88. The van der Waals surface area contributed by atoms with Gasteiger partial charge in [0.05, 0.1) is 0 Å². The van der Waals surface area contributed by atoms with E-state index in [1.165, 1.54) is 43.2 Å². The van der Waals surface area contributed by atoms with Crippen molar-refractivity contribution in [3.8, 4) is 0 Å². The van der Waals surface area contributed by atoms with Gasteiger partial charge in [0.2, 0.25) is 0 Å². The Hall–Kier alpha value is -0.820. The van der Waals surface area contributed by atoms with E-state index in [0.717, 1.165) is 18.9 Å². The molecule has 0 bridgehead atoms. The summed E-state index contributed by atoms with van der Waals surface area (Å²) in [5.74, 6) is 1.63. The fourth-order valence-corrected chi connectivity index (χ4v) is 3.15. The van der Waals surface area contributed by atoms with Crippen molar-refractivity contribution < 1.29 is 0 Å². The zero-order valence-corrected chi connectivity index (χ0v) is 11.0. The van der Waals surface area contributed by atoms with Crippen LogP contribution < -0.4 is 5.73 Å². The highest BCUT2D eigenvalue weighted by Gasteiger charge is 2.19. The van der Waals surface area contributed by atoms with Crippen molar-refractivity contribution in [3.63, 3.8) is 0 Å². The number of nitrogens with two attached hydrogens (primary N) is 1. The van der Waals surface area contributed by atoms with E-state index in [9.17, 15) is 0 Å². The molecular formula is C16H25N. The SMILES string of the molecule is Cc1cccc(CC(CN)CC2CCCC2)c1. The molecule has 1 nitrogen and oxygen atoms in total. The van der Waals surface area contributed by atoms with Crippen LogP contribution >= 0.6 is 0 Å². The molecule has 17 heavy (non-hydrogen) atoms. The molecule has 2 rings (SSSR count). The average molecular weight is 231 g/mol. The van der Waals surface area contributed by atoms with Gasteiger partial charge in [0.1, 0.15) is 0 Å². The highest BCUT2D eigenvalue weighted by Crippen LogP contribution is 2.31. The van der Waals surface area contributed by atoms with Crippen LogP contribution in [0.4, 0.5) is 0 Å². The molecule has 1 unspecified atom stereocenters. The number of benzene rings is 1. The molecule has 1 fully saturated rings. The van der Waals surface area contributed by atoms with Gasteiger partial charge in [-0.05, 0) is 43.7 Å². The Balaban J connectivity index is 1.90. The van der Waals surface area contributed by atoms with E-state index in [1.54, 1.807) is 0 Å². The van der Waals surface area contributed by atoms with Crippen LogP contribution in [0.1, 0.15) is 43.2 Å². The van der Waals surface area contributed by atoms with E-state index >= 15 is 0 Å². The fourth-order valence-electron chi connectivity index (χ4n) is 3.15. The molecule has 1 atom stereocenters. The summed E-state index contributed by atoms with van der Waals surface area (Å²) < 4.78 is 0. The van der Waals surface area contributed by atoms with E-state index in [2.05, 4.69) is 31.2 Å². The van der Waals surface area contributed by atoms with Crippen LogP contribution in [0.2, 0.25) is 0 Å². The van der Waals surface area contributed by atoms with Crippen LogP contribution in [0, 0.1) is 18.8 Å². The maximum atomic E-state index is 5.94. The summed E-state index contributed by atoms with van der Waals surface area (Å²) in [5.41, 5.74) is 8.75. The minimum absolute atomic E-state index is 0.680. The van der Waals surface area contributed by atoms with Gasteiger partial charge < -0.3 is 5.73 Å². The molecular weight excluding hydrogens is 206 g/mol. The summed E-state index contributed by atoms with van der Waals surface area (Å²) in [6.45, 7) is 3.00. The fraction of sp³-hybridized carbons (Fsp3) is 0.625. The van der Waals surface area contributed by atoms with Crippen LogP contribution in [-0.4, -0.2) is 6.54 Å². The largest absolute Gasteiger partial charge is 0.330 e. The summed E-state index contributed by atoms with van der Waals surface area (Å²) in [6.07, 6.45) is 8.24. The molecule has 2 N–H and O–H groups in total. The lowest BCUT2D eigenvalue weighted by Gasteiger charge is -2.19. The molecule has 0 saturated heterocycles. The standard InChI is InChI=1S/C16H25N/c1-13-5-4-8-15(9-13)11-16(12-17)10-14-6-2-3-7-14/h4-5,8-9,14,16H,2-3,6-7,10-12,17H2,1H3. The van der Waals surface area contributed by atoms with Gasteiger partial charge in [0, 0.05) is 0 Å². The lowest BCUT2D eigenvalue weighted by molar-refractivity contribution is 0.379. The highest BCUT2D eigenvalue weighted by atomic mass is 14.5. The smallest absolute Gasteiger partial charge is 0.00456 e. The van der Waals surface area contributed by atoms with E-state index < -0.39 is 0 Å². The Labute approximate surface area is 105 Å². The Morgan fingerprint density at radius 2 is 2.06 bits per heavy atom. The van der Waals surface area contributed by atoms with Gasteiger partial charge in [0.25, 0.3) is 0 Å². The maximum absolute atomic E-state index is 5.94. The second-order valence-electron chi connectivity index (χ2n) is 5.68. The molecule has 0 aliphatic heterocycles. The zero-order chi connectivity index (χ0) is 12.1. The third kappa shape index (κ3) is 3.85. The minimum Gasteiger partial charge on any atom is -0.330 e. The van der Waals surface area contributed by atoms with E-state index in [1.807, 2.05) is 0 Å². The van der Waals surface area contributed by atoms with Gasteiger partial charge in [-0.25, -0.2) is 0 Å². The normalized spacial score (nSPS) is 18.5. The van der Waals surface area contributed by atoms with E-state index in [0.29, 0.717) is 5.92 Å². The number of hydrogen-bond donors (Lipinski definition) is 1. The Kier molecular flexibility index (Phi) is 4.61. The van der Waals surface area contributed by atoms with Crippen molar-refractivity contribution in [3.05, 3.63) is 35.4 Å². The van der Waals surface area contributed by atoms with Crippen LogP contribution in [-0.2, 0) is 6.42 Å². The number of rotatable bonds is 5. The first-order chi connectivity index (χ1) is 8.28. The van der Waals surface area contributed by atoms with Crippen molar-refractivity contribution in [2.45, 2.75) is 45.4 Å². The maximum Gasteiger partial charge on any atom is -0.00456 e. The average Bonchev–Trinajstić information content (AvgIpc) is 2.81. The molecule has 1 aliphatic carbocycles. The summed E-state index contributed by atoms with van der Waals surface area (Å²) in [7, 11) is 0. The lowest BCUT2D eigenvalue weighted by Crippen LogP contribution is -2.19. The molecule has 0 heterocycles. The van der Waals surface area contributed by atoms with Gasteiger partial charge >= 0.3 is 0 Å². The molecule has 94 valence electrons. The van der Waals surface area contributed by atoms with Crippen LogP contribution in [0.15, 0.2) is 24.3 Å². The van der Waals surface area contributed by atoms with Gasteiger partial charge in [-0.3, -0.25) is 0 Å². The quantitative estimate of drug-likeness (QED) is 0.821. The third-order valence-electron chi connectivity index (χ3n) is 4.08. The van der Waals surface area contributed by atoms with Crippen LogP contribution in [0.5, 0.6) is 0 Å².